The molecule has 1 amide bonds. The van der Waals surface area contributed by atoms with Crippen LogP contribution in [0.3, 0.4) is 0 Å². The van der Waals surface area contributed by atoms with E-state index >= 15 is 0 Å². The van der Waals surface area contributed by atoms with Gasteiger partial charge in [0.25, 0.3) is 0 Å². The average molecular weight is 243 g/mol. The van der Waals surface area contributed by atoms with Gasteiger partial charge in [-0.05, 0) is 18.8 Å². The SMILES string of the molecule is COC(CNC(=O)CC1CCCCCC1)OC. The van der Waals surface area contributed by atoms with Crippen LogP contribution in [0.1, 0.15) is 44.9 Å². The van der Waals surface area contributed by atoms with Crippen LogP contribution in [0.25, 0.3) is 0 Å². The second-order valence-corrected chi connectivity index (χ2v) is 4.77. The van der Waals surface area contributed by atoms with Crippen molar-refractivity contribution in [1.29, 1.82) is 0 Å². The van der Waals surface area contributed by atoms with Crippen LogP contribution < -0.4 is 5.32 Å². The molecule has 100 valence electrons. The Balaban J connectivity index is 2.18. The molecule has 0 unspecified atom stereocenters. The maximum Gasteiger partial charge on any atom is 0.220 e. The first-order valence-corrected chi connectivity index (χ1v) is 6.58. The van der Waals surface area contributed by atoms with Crippen molar-refractivity contribution < 1.29 is 14.3 Å². The van der Waals surface area contributed by atoms with E-state index in [9.17, 15) is 4.79 Å². The molecule has 0 aromatic rings. The summed E-state index contributed by atoms with van der Waals surface area (Å²) in [5, 5.41) is 2.86. The highest BCUT2D eigenvalue weighted by molar-refractivity contribution is 5.76. The molecule has 17 heavy (non-hydrogen) atoms. The quantitative estimate of drug-likeness (QED) is 0.574. The van der Waals surface area contributed by atoms with Crippen molar-refractivity contribution in [3.63, 3.8) is 0 Å². The third kappa shape index (κ3) is 6.03. The number of carbonyl (C=O) groups is 1. The van der Waals surface area contributed by atoms with Crippen molar-refractivity contribution in [2.45, 2.75) is 51.2 Å². The summed E-state index contributed by atoms with van der Waals surface area (Å²) in [5.41, 5.74) is 0. The van der Waals surface area contributed by atoms with Crippen molar-refractivity contribution in [2.24, 2.45) is 5.92 Å². The number of methoxy groups -OCH3 is 2. The lowest BCUT2D eigenvalue weighted by Gasteiger charge is -2.16. The summed E-state index contributed by atoms with van der Waals surface area (Å²) in [7, 11) is 3.15. The predicted molar refractivity (Wildman–Crippen MR) is 66.6 cm³/mol. The van der Waals surface area contributed by atoms with Crippen LogP contribution in [0.4, 0.5) is 0 Å². The lowest BCUT2D eigenvalue weighted by atomic mass is 9.96. The fraction of sp³-hybridized carbons (Fsp3) is 0.923. The van der Waals surface area contributed by atoms with E-state index in [0.717, 1.165) is 0 Å². The summed E-state index contributed by atoms with van der Waals surface area (Å²) in [6, 6.07) is 0. The summed E-state index contributed by atoms with van der Waals surface area (Å²) in [4.78, 5) is 11.7. The zero-order valence-corrected chi connectivity index (χ0v) is 11.0. The minimum Gasteiger partial charge on any atom is -0.354 e. The second kappa shape index (κ2) is 8.48. The zero-order valence-electron chi connectivity index (χ0n) is 11.0. The summed E-state index contributed by atoms with van der Waals surface area (Å²) in [6.07, 6.45) is 7.92. The summed E-state index contributed by atoms with van der Waals surface area (Å²) < 4.78 is 10.0. The van der Waals surface area contributed by atoms with Gasteiger partial charge < -0.3 is 14.8 Å². The van der Waals surface area contributed by atoms with Crippen LogP contribution in [0.15, 0.2) is 0 Å². The van der Waals surface area contributed by atoms with E-state index < -0.39 is 0 Å². The molecule has 0 aromatic carbocycles. The fourth-order valence-electron chi connectivity index (χ4n) is 2.36. The lowest BCUT2D eigenvalue weighted by Crippen LogP contribution is -2.34. The van der Waals surface area contributed by atoms with Gasteiger partial charge in [0, 0.05) is 20.6 Å². The minimum absolute atomic E-state index is 0.121. The van der Waals surface area contributed by atoms with Crippen LogP contribution in [0, 0.1) is 5.92 Å². The Morgan fingerprint density at radius 2 is 1.76 bits per heavy atom. The van der Waals surface area contributed by atoms with Gasteiger partial charge in [-0.1, -0.05) is 25.7 Å². The second-order valence-electron chi connectivity index (χ2n) is 4.77. The minimum atomic E-state index is -0.340. The van der Waals surface area contributed by atoms with E-state index in [-0.39, 0.29) is 12.2 Å². The van der Waals surface area contributed by atoms with Gasteiger partial charge >= 0.3 is 0 Å². The molecule has 1 fully saturated rings. The molecule has 0 heterocycles. The molecule has 1 N–H and O–H groups in total. The molecular weight excluding hydrogens is 218 g/mol. The van der Waals surface area contributed by atoms with E-state index in [1.807, 2.05) is 0 Å². The van der Waals surface area contributed by atoms with Crippen LogP contribution in [0.2, 0.25) is 0 Å². The van der Waals surface area contributed by atoms with Gasteiger partial charge in [0.15, 0.2) is 6.29 Å². The zero-order chi connectivity index (χ0) is 12.5. The summed E-state index contributed by atoms with van der Waals surface area (Å²) >= 11 is 0. The molecule has 1 aliphatic carbocycles. The Labute approximate surface area is 104 Å². The topological polar surface area (TPSA) is 47.6 Å². The Morgan fingerprint density at radius 3 is 2.29 bits per heavy atom. The Kier molecular flexibility index (Phi) is 7.21. The number of carbonyl (C=O) groups excluding carboxylic acids is 1. The van der Waals surface area contributed by atoms with Crippen molar-refractivity contribution in [2.75, 3.05) is 20.8 Å². The first-order valence-electron chi connectivity index (χ1n) is 6.58. The number of nitrogens with one attached hydrogen (secondary N) is 1. The molecule has 0 atom stereocenters. The number of hydrogen-bond donors (Lipinski definition) is 1. The fourth-order valence-corrected chi connectivity index (χ4v) is 2.36. The van der Waals surface area contributed by atoms with E-state index in [0.29, 0.717) is 18.9 Å². The molecule has 0 spiro atoms. The number of amides is 1. The van der Waals surface area contributed by atoms with Gasteiger partial charge in [0.2, 0.25) is 5.91 Å². The standard InChI is InChI=1S/C13H25NO3/c1-16-13(17-2)10-14-12(15)9-11-7-5-3-4-6-8-11/h11,13H,3-10H2,1-2H3,(H,14,15). The Hall–Kier alpha value is -0.610. The van der Waals surface area contributed by atoms with Gasteiger partial charge in [-0.2, -0.15) is 0 Å². The number of rotatable bonds is 6. The number of hydrogen-bond acceptors (Lipinski definition) is 3. The highest BCUT2D eigenvalue weighted by Crippen LogP contribution is 2.25. The van der Waals surface area contributed by atoms with Crippen LogP contribution in [0.5, 0.6) is 0 Å². The Bertz CT molecular complexity index is 209. The summed E-state index contributed by atoms with van der Waals surface area (Å²) in [5.74, 6) is 0.692. The third-order valence-corrected chi connectivity index (χ3v) is 3.44. The molecule has 1 saturated carbocycles. The molecule has 4 nitrogen and oxygen atoms in total. The predicted octanol–water partition coefficient (Wildman–Crippen LogP) is 2.08. The van der Waals surface area contributed by atoms with Gasteiger partial charge in [-0.25, -0.2) is 0 Å². The van der Waals surface area contributed by atoms with Crippen LogP contribution in [-0.2, 0) is 14.3 Å². The number of ether oxygens (including phenoxy) is 2. The lowest BCUT2D eigenvalue weighted by molar-refractivity contribution is -0.128. The van der Waals surface area contributed by atoms with E-state index in [2.05, 4.69) is 5.32 Å². The normalized spacial score (nSPS) is 18.1. The third-order valence-electron chi connectivity index (χ3n) is 3.44. The molecule has 0 aliphatic heterocycles. The van der Waals surface area contributed by atoms with Crippen molar-refractivity contribution >= 4 is 5.91 Å². The van der Waals surface area contributed by atoms with Crippen molar-refractivity contribution in [3.05, 3.63) is 0 Å². The summed E-state index contributed by atoms with van der Waals surface area (Å²) in [6.45, 7) is 0.429. The molecule has 0 saturated heterocycles. The highest BCUT2D eigenvalue weighted by atomic mass is 16.7. The molecule has 0 aromatic heterocycles. The van der Waals surface area contributed by atoms with E-state index in [4.69, 9.17) is 9.47 Å². The van der Waals surface area contributed by atoms with Gasteiger partial charge in [0.1, 0.15) is 0 Å². The highest BCUT2D eigenvalue weighted by Gasteiger charge is 2.16. The monoisotopic (exact) mass is 243 g/mol. The first kappa shape index (κ1) is 14.5. The molecule has 0 radical (unpaired) electrons. The maximum atomic E-state index is 11.7. The smallest absolute Gasteiger partial charge is 0.220 e. The Morgan fingerprint density at radius 1 is 1.18 bits per heavy atom. The molecule has 1 rings (SSSR count). The average Bonchev–Trinajstić information content (AvgIpc) is 2.59. The molecular formula is C13H25NO3. The van der Waals surface area contributed by atoms with Gasteiger partial charge in [-0.3, -0.25) is 4.79 Å². The van der Waals surface area contributed by atoms with Gasteiger partial charge in [-0.15, -0.1) is 0 Å². The van der Waals surface area contributed by atoms with Crippen LogP contribution >= 0.6 is 0 Å². The van der Waals surface area contributed by atoms with Gasteiger partial charge in [0.05, 0.1) is 6.54 Å². The largest absolute Gasteiger partial charge is 0.354 e. The molecule has 0 bridgehead atoms. The van der Waals surface area contributed by atoms with Crippen molar-refractivity contribution in [1.82, 2.24) is 5.32 Å². The van der Waals surface area contributed by atoms with Crippen LogP contribution in [-0.4, -0.2) is 33.0 Å². The van der Waals surface area contributed by atoms with E-state index in [1.165, 1.54) is 38.5 Å². The molecule has 4 heteroatoms. The molecule has 1 aliphatic rings. The van der Waals surface area contributed by atoms with Crippen molar-refractivity contribution in [3.8, 4) is 0 Å². The maximum absolute atomic E-state index is 11.7. The first-order chi connectivity index (χ1) is 8.26. The van der Waals surface area contributed by atoms with E-state index in [1.54, 1.807) is 14.2 Å².